The molecule has 5 aromatic rings. The van der Waals surface area contributed by atoms with Gasteiger partial charge in [0, 0.05) is 49.4 Å². The van der Waals surface area contributed by atoms with E-state index in [4.69, 9.17) is 9.15 Å². The molecule has 3 aromatic heterocycles. The van der Waals surface area contributed by atoms with E-state index in [0.29, 0.717) is 23.4 Å². The second-order valence-corrected chi connectivity index (χ2v) is 9.86. The normalized spacial score (nSPS) is 15.8. The number of hydrogen-bond donors (Lipinski definition) is 1. The number of hydrogen-bond acceptors (Lipinski definition) is 6. The first-order chi connectivity index (χ1) is 17.5. The highest BCUT2D eigenvalue weighted by Gasteiger charge is 2.22. The number of benzene rings is 2. The van der Waals surface area contributed by atoms with E-state index >= 15 is 0 Å². The Morgan fingerprint density at radius 1 is 1.17 bits per heavy atom. The van der Waals surface area contributed by atoms with Crippen LogP contribution in [0.1, 0.15) is 19.3 Å². The third-order valence-electron chi connectivity index (χ3n) is 6.91. The van der Waals surface area contributed by atoms with Crippen molar-refractivity contribution in [1.29, 1.82) is 0 Å². The minimum Gasteiger partial charge on any atom is -0.452 e. The van der Waals surface area contributed by atoms with Crippen LogP contribution in [0.2, 0.25) is 0 Å². The quantitative estimate of drug-likeness (QED) is 0.298. The number of nitrogens with one attached hydrogen (secondary N) is 1. The van der Waals surface area contributed by atoms with Gasteiger partial charge in [0.2, 0.25) is 0 Å². The fourth-order valence-electron chi connectivity index (χ4n) is 4.94. The third kappa shape index (κ3) is 3.92. The number of rotatable bonds is 6. The van der Waals surface area contributed by atoms with Crippen LogP contribution < -0.4 is 11.0 Å². The molecule has 1 fully saturated rings. The van der Waals surface area contributed by atoms with Gasteiger partial charge in [0.05, 0.1) is 12.3 Å². The van der Waals surface area contributed by atoms with E-state index in [0.717, 1.165) is 63.8 Å². The second-order valence-electron chi connectivity index (χ2n) is 9.11. The Morgan fingerprint density at radius 3 is 2.67 bits per heavy atom. The standard InChI is InChI=1S/C27H26BrN5O3/c1-29-18-8-5-16(6-9-18)23-25-24(33(27(34)31-23)12-11-19-4-3-13-35-19)20-14-17(7-10-22(20)36-25)21-15-30-32(2)26(21)28/h5-10,14-15,19,29H,3-4,11-13H2,1-2H3. The smallest absolute Gasteiger partial charge is 0.348 e. The number of furan rings is 1. The number of aryl methyl sites for hydroxylation is 2. The Balaban J connectivity index is 1.57. The largest absolute Gasteiger partial charge is 0.452 e. The average molecular weight is 548 g/mol. The van der Waals surface area contributed by atoms with Crippen molar-refractivity contribution in [1.82, 2.24) is 19.3 Å². The Morgan fingerprint density at radius 2 is 1.97 bits per heavy atom. The summed E-state index contributed by atoms with van der Waals surface area (Å²) in [6.07, 6.45) is 4.84. The van der Waals surface area contributed by atoms with Crippen LogP contribution in [0.4, 0.5) is 5.69 Å². The number of aromatic nitrogens is 4. The fourth-order valence-corrected chi connectivity index (χ4v) is 5.37. The van der Waals surface area contributed by atoms with E-state index in [-0.39, 0.29) is 11.8 Å². The number of ether oxygens (including phenoxy) is 1. The Labute approximate surface area is 216 Å². The zero-order valence-electron chi connectivity index (χ0n) is 20.1. The summed E-state index contributed by atoms with van der Waals surface area (Å²) in [6, 6.07) is 13.9. The number of fused-ring (bicyclic) bond motifs is 3. The number of halogens is 1. The molecule has 2 aromatic carbocycles. The molecular weight excluding hydrogens is 522 g/mol. The second kappa shape index (κ2) is 9.22. The van der Waals surface area contributed by atoms with Gasteiger partial charge >= 0.3 is 5.69 Å². The van der Waals surface area contributed by atoms with Crippen molar-refractivity contribution in [3.63, 3.8) is 0 Å². The summed E-state index contributed by atoms with van der Waals surface area (Å²) in [5.41, 5.74) is 6.11. The van der Waals surface area contributed by atoms with Crippen molar-refractivity contribution in [2.45, 2.75) is 31.9 Å². The highest BCUT2D eigenvalue weighted by molar-refractivity contribution is 9.10. The minimum absolute atomic E-state index is 0.167. The van der Waals surface area contributed by atoms with Gasteiger partial charge in [0.1, 0.15) is 21.4 Å². The molecule has 0 radical (unpaired) electrons. The predicted molar refractivity (Wildman–Crippen MR) is 144 cm³/mol. The molecule has 1 aliphatic rings. The molecule has 36 heavy (non-hydrogen) atoms. The Hall–Kier alpha value is -3.43. The van der Waals surface area contributed by atoms with Gasteiger partial charge < -0.3 is 14.5 Å². The van der Waals surface area contributed by atoms with Crippen LogP contribution in [0.5, 0.6) is 0 Å². The summed E-state index contributed by atoms with van der Waals surface area (Å²) in [5.74, 6) is 0. The van der Waals surface area contributed by atoms with E-state index in [1.165, 1.54) is 0 Å². The molecule has 9 heteroatoms. The van der Waals surface area contributed by atoms with Crippen molar-refractivity contribution in [3.8, 4) is 22.4 Å². The van der Waals surface area contributed by atoms with E-state index in [2.05, 4.69) is 37.4 Å². The van der Waals surface area contributed by atoms with Gasteiger partial charge in [-0.25, -0.2) is 4.79 Å². The van der Waals surface area contributed by atoms with E-state index in [1.54, 1.807) is 9.25 Å². The summed E-state index contributed by atoms with van der Waals surface area (Å²) < 4.78 is 16.6. The lowest BCUT2D eigenvalue weighted by Gasteiger charge is -2.13. The predicted octanol–water partition coefficient (Wildman–Crippen LogP) is 5.58. The highest BCUT2D eigenvalue weighted by Crippen LogP contribution is 2.37. The molecular formula is C27H26BrN5O3. The Bertz CT molecular complexity index is 1630. The van der Waals surface area contributed by atoms with Crippen LogP contribution in [0.3, 0.4) is 0 Å². The molecule has 1 aliphatic heterocycles. The van der Waals surface area contributed by atoms with Crippen LogP contribution in [-0.2, 0) is 18.3 Å². The van der Waals surface area contributed by atoms with E-state index in [9.17, 15) is 4.79 Å². The maximum Gasteiger partial charge on any atom is 0.348 e. The lowest BCUT2D eigenvalue weighted by Crippen LogP contribution is -2.25. The van der Waals surface area contributed by atoms with Crippen LogP contribution in [-0.4, -0.2) is 39.1 Å². The van der Waals surface area contributed by atoms with Crippen molar-refractivity contribution in [2.24, 2.45) is 7.05 Å². The first-order valence-electron chi connectivity index (χ1n) is 12.1. The van der Waals surface area contributed by atoms with Crippen molar-refractivity contribution >= 4 is 43.7 Å². The van der Waals surface area contributed by atoms with Crippen molar-refractivity contribution in [2.75, 3.05) is 19.0 Å². The maximum absolute atomic E-state index is 13.4. The van der Waals surface area contributed by atoms with Crippen LogP contribution in [0, 0.1) is 0 Å². The van der Waals surface area contributed by atoms with Gasteiger partial charge in [-0.2, -0.15) is 10.1 Å². The zero-order valence-corrected chi connectivity index (χ0v) is 21.7. The van der Waals surface area contributed by atoms with E-state index < -0.39 is 0 Å². The fraction of sp³-hybridized carbons (Fsp3) is 0.296. The number of nitrogens with zero attached hydrogens (tertiary/aromatic N) is 4. The van der Waals surface area contributed by atoms with Crippen LogP contribution in [0.25, 0.3) is 44.5 Å². The van der Waals surface area contributed by atoms with Gasteiger partial charge in [0.15, 0.2) is 5.58 Å². The molecule has 1 N–H and O–H groups in total. The molecule has 1 atom stereocenters. The molecule has 4 heterocycles. The molecule has 0 spiro atoms. The number of anilines is 1. The first-order valence-corrected chi connectivity index (χ1v) is 12.9. The van der Waals surface area contributed by atoms with Gasteiger partial charge in [-0.1, -0.05) is 18.2 Å². The first kappa shape index (κ1) is 23.0. The van der Waals surface area contributed by atoms with Gasteiger partial charge in [-0.3, -0.25) is 9.25 Å². The molecule has 0 bridgehead atoms. The van der Waals surface area contributed by atoms with Crippen LogP contribution in [0.15, 0.2) is 62.5 Å². The van der Waals surface area contributed by atoms with Gasteiger partial charge in [-0.15, -0.1) is 0 Å². The average Bonchev–Trinajstić information content (AvgIpc) is 3.63. The van der Waals surface area contributed by atoms with Gasteiger partial charge in [-0.05, 0) is 65.0 Å². The summed E-state index contributed by atoms with van der Waals surface area (Å²) >= 11 is 3.63. The van der Waals surface area contributed by atoms with E-state index in [1.807, 2.05) is 56.7 Å². The molecule has 1 unspecified atom stereocenters. The molecule has 184 valence electrons. The van der Waals surface area contributed by atoms with Gasteiger partial charge in [0.25, 0.3) is 0 Å². The topological polar surface area (TPSA) is 87.1 Å². The maximum atomic E-state index is 13.4. The molecule has 0 amide bonds. The Kier molecular flexibility index (Phi) is 5.89. The molecule has 0 saturated carbocycles. The molecule has 0 aliphatic carbocycles. The lowest BCUT2D eigenvalue weighted by molar-refractivity contribution is 0.100. The third-order valence-corrected chi connectivity index (χ3v) is 7.85. The van der Waals surface area contributed by atoms with Crippen molar-refractivity contribution < 1.29 is 9.15 Å². The van der Waals surface area contributed by atoms with Crippen molar-refractivity contribution in [3.05, 3.63) is 63.7 Å². The SMILES string of the molecule is CNc1ccc(-c2nc(=O)n(CCC3CCCO3)c3c2oc2ccc(-c4cnn(C)c4Br)cc23)cc1. The highest BCUT2D eigenvalue weighted by atomic mass is 79.9. The molecule has 8 nitrogen and oxygen atoms in total. The summed E-state index contributed by atoms with van der Waals surface area (Å²) in [5, 5.41) is 8.36. The monoisotopic (exact) mass is 547 g/mol. The van der Waals surface area contributed by atoms with Crippen LogP contribution >= 0.6 is 15.9 Å². The summed E-state index contributed by atoms with van der Waals surface area (Å²) in [4.78, 5) is 17.9. The summed E-state index contributed by atoms with van der Waals surface area (Å²) in [6.45, 7) is 1.30. The molecule has 1 saturated heterocycles. The summed E-state index contributed by atoms with van der Waals surface area (Å²) in [7, 11) is 3.76. The lowest BCUT2D eigenvalue weighted by atomic mass is 10.1. The molecule has 6 rings (SSSR count). The zero-order chi connectivity index (χ0) is 24.8. The minimum atomic E-state index is -0.288.